The molecule has 0 saturated carbocycles. The lowest BCUT2D eigenvalue weighted by atomic mass is 10.1. The number of rotatable bonds is 0. The molecule has 0 atom stereocenters. The Balaban J connectivity index is 2.43. The van der Waals surface area contributed by atoms with Crippen LogP contribution in [0.5, 0.6) is 0 Å². The van der Waals surface area contributed by atoms with Gasteiger partial charge in [-0.15, -0.1) is 0 Å². The number of hydrogen-bond acceptors (Lipinski definition) is 1. The first-order valence-corrected chi connectivity index (χ1v) is 6.76. The summed E-state index contributed by atoms with van der Waals surface area (Å²) in [5.74, 6) is 0. The van der Waals surface area contributed by atoms with Crippen molar-refractivity contribution < 1.29 is 0 Å². The van der Waals surface area contributed by atoms with Crippen LogP contribution in [0.25, 0.3) is 32.7 Å². The zero-order chi connectivity index (χ0) is 13.0. The van der Waals surface area contributed by atoms with Crippen LogP contribution in [0.3, 0.4) is 0 Å². The SMILES string of the molecule is O=c1[nH]c2cccc(Br)c2c2[nH]c3ccccc3c12. The van der Waals surface area contributed by atoms with Crippen LogP contribution in [-0.4, -0.2) is 9.97 Å². The van der Waals surface area contributed by atoms with E-state index in [1.54, 1.807) is 0 Å². The third-order valence-corrected chi connectivity index (χ3v) is 4.11. The van der Waals surface area contributed by atoms with E-state index >= 15 is 0 Å². The second kappa shape index (κ2) is 3.71. The minimum absolute atomic E-state index is 0.0574. The number of aromatic amines is 2. The Morgan fingerprint density at radius 2 is 1.63 bits per heavy atom. The Morgan fingerprint density at radius 1 is 0.842 bits per heavy atom. The summed E-state index contributed by atoms with van der Waals surface area (Å²) >= 11 is 3.56. The number of nitrogens with one attached hydrogen (secondary N) is 2. The van der Waals surface area contributed by atoms with Gasteiger partial charge in [-0.1, -0.05) is 40.2 Å². The van der Waals surface area contributed by atoms with E-state index in [0.29, 0.717) is 0 Å². The highest BCUT2D eigenvalue weighted by molar-refractivity contribution is 9.10. The van der Waals surface area contributed by atoms with Gasteiger partial charge >= 0.3 is 0 Å². The molecule has 2 heterocycles. The first-order chi connectivity index (χ1) is 9.25. The Bertz CT molecular complexity index is 997. The molecular formula is C15H9BrN2O. The van der Waals surface area contributed by atoms with E-state index in [4.69, 9.17) is 0 Å². The molecule has 4 aromatic rings. The largest absolute Gasteiger partial charge is 0.354 e. The number of benzene rings is 2. The summed E-state index contributed by atoms with van der Waals surface area (Å²) in [4.78, 5) is 18.6. The molecule has 0 saturated heterocycles. The standard InChI is InChI=1S/C15H9BrN2O/c16-9-5-3-7-11-13(9)14-12(15(19)18-11)8-4-1-2-6-10(8)17-14/h1-7,17H,(H,18,19). The maximum absolute atomic E-state index is 12.3. The van der Waals surface area contributed by atoms with E-state index in [9.17, 15) is 4.79 Å². The van der Waals surface area contributed by atoms with Gasteiger partial charge in [0.05, 0.1) is 16.4 Å². The number of pyridine rings is 1. The number of para-hydroxylation sites is 1. The third kappa shape index (κ3) is 1.40. The zero-order valence-corrected chi connectivity index (χ0v) is 11.4. The maximum Gasteiger partial charge on any atom is 0.258 e. The van der Waals surface area contributed by atoms with Crippen LogP contribution in [-0.2, 0) is 0 Å². The van der Waals surface area contributed by atoms with Crippen LogP contribution in [0, 0.1) is 0 Å². The van der Waals surface area contributed by atoms with Crippen LogP contribution in [0.1, 0.15) is 0 Å². The number of hydrogen-bond donors (Lipinski definition) is 2. The smallest absolute Gasteiger partial charge is 0.258 e. The summed E-state index contributed by atoms with van der Waals surface area (Å²) in [5, 5.41) is 2.68. The highest BCUT2D eigenvalue weighted by Gasteiger charge is 2.12. The minimum atomic E-state index is -0.0574. The van der Waals surface area contributed by atoms with Crippen molar-refractivity contribution in [3.63, 3.8) is 0 Å². The molecule has 3 nitrogen and oxygen atoms in total. The Labute approximate surface area is 116 Å². The van der Waals surface area contributed by atoms with Gasteiger partial charge in [0.25, 0.3) is 5.56 Å². The number of fused-ring (bicyclic) bond motifs is 5. The first-order valence-electron chi connectivity index (χ1n) is 5.96. The second-order valence-electron chi connectivity index (χ2n) is 4.54. The Hall–Kier alpha value is -2.07. The van der Waals surface area contributed by atoms with Crippen molar-refractivity contribution in [1.29, 1.82) is 0 Å². The van der Waals surface area contributed by atoms with Gasteiger partial charge in [-0.05, 0) is 18.2 Å². The molecule has 0 aliphatic carbocycles. The van der Waals surface area contributed by atoms with E-state index in [1.165, 1.54) is 0 Å². The van der Waals surface area contributed by atoms with Crippen LogP contribution >= 0.6 is 15.9 Å². The van der Waals surface area contributed by atoms with E-state index in [0.717, 1.165) is 37.2 Å². The van der Waals surface area contributed by atoms with Gasteiger partial charge in [0.15, 0.2) is 0 Å². The predicted molar refractivity (Wildman–Crippen MR) is 81.6 cm³/mol. The molecule has 2 N–H and O–H groups in total. The highest BCUT2D eigenvalue weighted by Crippen LogP contribution is 2.31. The second-order valence-corrected chi connectivity index (χ2v) is 5.39. The molecule has 0 bridgehead atoms. The lowest BCUT2D eigenvalue weighted by molar-refractivity contribution is 1.34. The summed E-state index contributed by atoms with van der Waals surface area (Å²) in [7, 11) is 0. The zero-order valence-electron chi connectivity index (χ0n) is 9.83. The third-order valence-electron chi connectivity index (χ3n) is 3.44. The minimum Gasteiger partial charge on any atom is -0.354 e. The molecule has 0 radical (unpaired) electrons. The normalized spacial score (nSPS) is 11.6. The van der Waals surface area contributed by atoms with E-state index < -0.39 is 0 Å². The Morgan fingerprint density at radius 3 is 2.53 bits per heavy atom. The maximum atomic E-state index is 12.3. The van der Waals surface area contributed by atoms with Gasteiger partial charge in [-0.3, -0.25) is 4.79 Å². The summed E-state index contributed by atoms with van der Waals surface area (Å²) in [6, 6.07) is 13.7. The lowest BCUT2D eigenvalue weighted by Crippen LogP contribution is -2.05. The molecule has 0 aliphatic heterocycles. The molecule has 0 amide bonds. The van der Waals surface area contributed by atoms with Crippen LogP contribution in [0.15, 0.2) is 51.7 Å². The van der Waals surface area contributed by atoms with E-state index in [1.807, 2.05) is 42.5 Å². The van der Waals surface area contributed by atoms with Crippen molar-refractivity contribution in [2.75, 3.05) is 0 Å². The van der Waals surface area contributed by atoms with Crippen LogP contribution in [0.2, 0.25) is 0 Å². The molecule has 4 heteroatoms. The van der Waals surface area contributed by atoms with Crippen molar-refractivity contribution in [1.82, 2.24) is 9.97 Å². The molecule has 4 rings (SSSR count). The monoisotopic (exact) mass is 312 g/mol. The molecule has 2 aromatic heterocycles. The first kappa shape index (κ1) is 10.8. The van der Waals surface area contributed by atoms with Crippen molar-refractivity contribution in [3.05, 3.63) is 57.3 Å². The summed E-state index contributed by atoms with van der Waals surface area (Å²) in [6.45, 7) is 0. The molecule has 2 aromatic carbocycles. The van der Waals surface area contributed by atoms with Gasteiger partial charge in [-0.25, -0.2) is 0 Å². The fraction of sp³-hybridized carbons (Fsp3) is 0. The summed E-state index contributed by atoms with van der Waals surface area (Å²) < 4.78 is 0.970. The van der Waals surface area contributed by atoms with Crippen molar-refractivity contribution in [3.8, 4) is 0 Å². The van der Waals surface area contributed by atoms with Crippen LogP contribution in [0.4, 0.5) is 0 Å². The number of halogens is 1. The number of aromatic nitrogens is 2. The molecule has 92 valence electrons. The topological polar surface area (TPSA) is 48.6 Å². The fourth-order valence-electron chi connectivity index (χ4n) is 2.63. The van der Waals surface area contributed by atoms with Gasteiger partial charge < -0.3 is 9.97 Å². The van der Waals surface area contributed by atoms with Gasteiger partial charge in [-0.2, -0.15) is 0 Å². The molecule has 0 fully saturated rings. The van der Waals surface area contributed by atoms with E-state index in [-0.39, 0.29) is 5.56 Å². The van der Waals surface area contributed by atoms with Gasteiger partial charge in [0.1, 0.15) is 0 Å². The molecule has 0 spiro atoms. The van der Waals surface area contributed by atoms with Crippen LogP contribution < -0.4 is 5.56 Å². The average Bonchev–Trinajstić information content (AvgIpc) is 2.78. The van der Waals surface area contributed by atoms with Crippen molar-refractivity contribution in [2.45, 2.75) is 0 Å². The highest BCUT2D eigenvalue weighted by atomic mass is 79.9. The number of H-pyrrole nitrogens is 2. The Kier molecular flexibility index (Phi) is 2.11. The average molecular weight is 313 g/mol. The summed E-state index contributed by atoms with van der Waals surface area (Å²) in [5.41, 5.74) is 2.63. The fourth-order valence-corrected chi connectivity index (χ4v) is 3.20. The predicted octanol–water partition coefficient (Wildman–Crippen LogP) is 3.93. The van der Waals surface area contributed by atoms with Crippen molar-refractivity contribution >= 4 is 48.6 Å². The summed E-state index contributed by atoms with van der Waals surface area (Å²) in [6.07, 6.45) is 0. The van der Waals surface area contributed by atoms with Crippen molar-refractivity contribution in [2.24, 2.45) is 0 Å². The quantitative estimate of drug-likeness (QED) is 0.508. The molecular weight excluding hydrogens is 304 g/mol. The van der Waals surface area contributed by atoms with E-state index in [2.05, 4.69) is 25.9 Å². The van der Waals surface area contributed by atoms with Gasteiger partial charge in [0, 0.05) is 20.8 Å². The van der Waals surface area contributed by atoms with Gasteiger partial charge in [0.2, 0.25) is 0 Å². The molecule has 0 unspecified atom stereocenters. The molecule has 0 aliphatic rings. The molecule has 19 heavy (non-hydrogen) atoms. The lowest BCUT2D eigenvalue weighted by Gasteiger charge is -2.01.